The van der Waals surface area contributed by atoms with Gasteiger partial charge in [-0.2, -0.15) is 5.26 Å². The van der Waals surface area contributed by atoms with Gasteiger partial charge in [0.1, 0.15) is 5.75 Å². The molecule has 1 aromatic rings. The first-order valence-corrected chi connectivity index (χ1v) is 6.53. The van der Waals surface area contributed by atoms with E-state index < -0.39 is 21.4 Å². The van der Waals surface area contributed by atoms with Crippen molar-refractivity contribution in [3.8, 4) is 6.07 Å². The summed E-state index contributed by atoms with van der Waals surface area (Å²) in [6.45, 7) is 0. The summed E-state index contributed by atoms with van der Waals surface area (Å²) in [5, 5.41) is 8.28. The topological polar surface area (TPSA) is 75.0 Å². The summed E-state index contributed by atoms with van der Waals surface area (Å²) in [7, 11) is -3.46. The van der Waals surface area contributed by atoms with Gasteiger partial charge in [-0.15, -0.1) is 0 Å². The minimum Gasteiger partial charge on any atom is -0.293 e. The Bertz CT molecular complexity index is 500. The van der Waals surface area contributed by atoms with Crippen molar-refractivity contribution in [1.29, 1.82) is 5.26 Å². The van der Waals surface area contributed by atoms with E-state index >= 15 is 0 Å². The van der Waals surface area contributed by atoms with E-state index in [1.54, 1.807) is 36.4 Å². The van der Waals surface area contributed by atoms with Crippen molar-refractivity contribution in [1.82, 2.24) is 0 Å². The van der Waals surface area contributed by atoms with Crippen LogP contribution in [-0.4, -0.2) is 25.7 Å². The third-order valence-electron chi connectivity index (χ3n) is 1.97. The van der Waals surface area contributed by atoms with Gasteiger partial charge in [0.15, 0.2) is 15.6 Å². The van der Waals surface area contributed by atoms with Crippen molar-refractivity contribution in [3.05, 3.63) is 35.9 Å². The van der Waals surface area contributed by atoms with Gasteiger partial charge in [-0.05, 0) is 0 Å². The number of carbonyl (C=O) groups excluding carboxylic acids is 1. The Hall–Kier alpha value is -1.67. The molecule has 0 atom stereocenters. The Kier molecular flexibility index (Phi) is 4.20. The zero-order valence-corrected chi connectivity index (χ0v) is 9.40. The highest BCUT2D eigenvalue weighted by Gasteiger charge is 2.17. The van der Waals surface area contributed by atoms with Crippen molar-refractivity contribution >= 4 is 15.6 Å². The molecule has 16 heavy (non-hydrogen) atoms. The Morgan fingerprint density at radius 3 is 2.44 bits per heavy atom. The highest BCUT2D eigenvalue weighted by atomic mass is 32.2. The van der Waals surface area contributed by atoms with Gasteiger partial charge in [0.25, 0.3) is 0 Å². The van der Waals surface area contributed by atoms with Gasteiger partial charge >= 0.3 is 0 Å². The van der Waals surface area contributed by atoms with Gasteiger partial charge in [0.05, 0.1) is 11.8 Å². The van der Waals surface area contributed by atoms with E-state index in [0.717, 1.165) is 0 Å². The molecule has 1 aromatic carbocycles. The fraction of sp³-hybridized carbons (Fsp3) is 0.273. The number of ketones is 1. The normalized spacial score (nSPS) is 10.7. The number of hydrogen-bond acceptors (Lipinski definition) is 4. The maximum Gasteiger partial charge on any atom is 0.177 e. The molecule has 0 aliphatic carbocycles. The molecule has 4 nitrogen and oxygen atoms in total. The Morgan fingerprint density at radius 1 is 1.25 bits per heavy atom. The van der Waals surface area contributed by atoms with Gasteiger partial charge in [0.2, 0.25) is 0 Å². The zero-order valence-electron chi connectivity index (χ0n) is 8.59. The van der Waals surface area contributed by atoms with Crippen LogP contribution < -0.4 is 0 Å². The molecule has 84 valence electrons. The Morgan fingerprint density at radius 2 is 1.88 bits per heavy atom. The summed E-state index contributed by atoms with van der Waals surface area (Å²) in [5.74, 6) is -1.22. The van der Waals surface area contributed by atoms with Crippen LogP contribution in [-0.2, 0) is 9.84 Å². The number of nitrogens with zero attached hydrogens (tertiary/aromatic N) is 1. The number of rotatable bonds is 5. The number of benzene rings is 1. The van der Waals surface area contributed by atoms with E-state index in [4.69, 9.17) is 5.26 Å². The van der Waals surface area contributed by atoms with Gasteiger partial charge in [-0.3, -0.25) is 4.79 Å². The number of nitriles is 1. The van der Waals surface area contributed by atoms with Crippen LogP contribution in [0.5, 0.6) is 0 Å². The second-order valence-electron chi connectivity index (χ2n) is 3.29. The molecule has 0 aliphatic rings. The van der Waals surface area contributed by atoms with Crippen molar-refractivity contribution in [3.63, 3.8) is 0 Å². The van der Waals surface area contributed by atoms with Crippen LogP contribution in [0.25, 0.3) is 0 Å². The molecule has 0 spiro atoms. The molecule has 0 fully saturated rings. The van der Waals surface area contributed by atoms with Crippen molar-refractivity contribution in [2.24, 2.45) is 0 Å². The van der Waals surface area contributed by atoms with Gasteiger partial charge < -0.3 is 0 Å². The van der Waals surface area contributed by atoms with Crippen molar-refractivity contribution in [2.45, 2.75) is 6.42 Å². The summed E-state index contributed by atoms with van der Waals surface area (Å²) in [5.41, 5.74) is 0.378. The van der Waals surface area contributed by atoms with E-state index in [1.807, 2.05) is 0 Å². The highest BCUT2D eigenvalue weighted by molar-refractivity contribution is 7.92. The van der Waals surface area contributed by atoms with Crippen LogP contribution in [0, 0.1) is 11.3 Å². The summed E-state index contributed by atoms with van der Waals surface area (Å²) < 4.78 is 22.8. The number of hydrogen-bond donors (Lipinski definition) is 0. The van der Waals surface area contributed by atoms with Gasteiger partial charge in [-0.1, -0.05) is 30.3 Å². The Balaban J connectivity index is 2.69. The molecule has 0 unspecified atom stereocenters. The minimum atomic E-state index is -3.46. The third kappa shape index (κ3) is 3.83. The number of carbonyl (C=O) groups is 1. The van der Waals surface area contributed by atoms with Crippen LogP contribution >= 0.6 is 0 Å². The van der Waals surface area contributed by atoms with E-state index in [9.17, 15) is 13.2 Å². The van der Waals surface area contributed by atoms with Crippen LogP contribution in [0.3, 0.4) is 0 Å². The van der Waals surface area contributed by atoms with Crippen LogP contribution in [0.2, 0.25) is 0 Å². The lowest BCUT2D eigenvalue weighted by atomic mass is 10.2. The van der Waals surface area contributed by atoms with E-state index in [-0.39, 0.29) is 12.2 Å². The van der Waals surface area contributed by atoms with Crippen LogP contribution in [0.4, 0.5) is 0 Å². The summed E-state index contributed by atoms with van der Waals surface area (Å²) in [6, 6.07) is 9.99. The third-order valence-corrected chi connectivity index (χ3v) is 3.50. The average Bonchev–Trinajstić information content (AvgIpc) is 2.27. The first-order valence-electron chi connectivity index (χ1n) is 4.71. The van der Waals surface area contributed by atoms with Gasteiger partial charge in [-0.25, -0.2) is 8.42 Å². The summed E-state index contributed by atoms with van der Waals surface area (Å²) in [6.07, 6.45) is -0.0790. The molecule has 0 saturated heterocycles. The van der Waals surface area contributed by atoms with E-state index in [2.05, 4.69) is 0 Å². The lowest BCUT2D eigenvalue weighted by molar-refractivity contribution is 0.102. The second-order valence-corrected chi connectivity index (χ2v) is 5.47. The number of sulfone groups is 1. The quantitative estimate of drug-likeness (QED) is 0.721. The summed E-state index contributed by atoms with van der Waals surface area (Å²) >= 11 is 0. The number of Topliss-reactive ketones (excluding diaryl/α,β-unsaturated/α-hetero) is 1. The molecule has 0 aliphatic heterocycles. The first-order chi connectivity index (χ1) is 7.55. The van der Waals surface area contributed by atoms with Crippen molar-refractivity contribution in [2.75, 3.05) is 11.5 Å². The Labute approximate surface area is 94.4 Å². The maximum absolute atomic E-state index is 11.6. The monoisotopic (exact) mass is 237 g/mol. The van der Waals surface area contributed by atoms with E-state index in [1.165, 1.54) is 0 Å². The molecule has 0 saturated carbocycles. The molecule has 0 amide bonds. The van der Waals surface area contributed by atoms with Crippen molar-refractivity contribution < 1.29 is 13.2 Å². The predicted molar refractivity (Wildman–Crippen MR) is 59.7 cm³/mol. The maximum atomic E-state index is 11.6. The summed E-state index contributed by atoms with van der Waals surface area (Å²) in [4.78, 5) is 11.6. The smallest absolute Gasteiger partial charge is 0.177 e. The molecule has 0 radical (unpaired) electrons. The molecular formula is C11H11NO3S. The van der Waals surface area contributed by atoms with E-state index in [0.29, 0.717) is 5.56 Å². The van der Waals surface area contributed by atoms with Gasteiger partial charge in [0, 0.05) is 12.0 Å². The first kappa shape index (κ1) is 12.4. The fourth-order valence-electron chi connectivity index (χ4n) is 1.18. The highest BCUT2D eigenvalue weighted by Crippen LogP contribution is 2.03. The molecule has 0 aromatic heterocycles. The standard InChI is InChI=1S/C11H11NO3S/c12-7-4-8-16(14,15)9-11(13)10-5-2-1-3-6-10/h1-3,5-6H,4,8-9H2. The molecule has 5 heteroatoms. The van der Waals surface area contributed by atoms with Crippen LogP contribution in [0.15, 0.2) is 30.3 Å². The molecule has 1 rings (SSSR count). The minimum absolute atomic E-state index is 0.0790. The largest absolute Gasteiger partial charge is 0.293 e. The lowest BCUT2D eigenvalue weighted by Crippen LogP contribution is -2.18. The average molecular weight is 237 g/mol. The molecule has 0 heterocycles. The second kappa shape index (κ2) is 5.42. The molecular weight excluding hydrogens is 226 g/mol. The zero-order chi connectivity index (χ0) is 12.0. The SMILES string of the molecule is N#CCCS(=O)(=O)CC(=O)c1ccccc1. The lowest BCUT2D eigenvalue weighted by Gasteiger charge is -2.01. The van der Waals surface area contributed by atoms with Crippen LogP contribution in [0.1, 0.15) is 16.8 Å². The predicted octanol–water partition coefficient (Wildman–Crippen LogP) is 1.20. The fourth-order valence-corrected chi connectivity index (χ4v) is 2.29. The molecule has 0 N–H and O–H groups in total. The molecule has 0 bridgehead atoms.